The third-order valence-electron chi connectivity index (χ3n) is 4.64. The van der Waals surface area contributed by atoms with Crippen molar-refractivity contribution in [3.05, 3.63) is 42.0 Å². The Morgan fingerprint density at radius 1 is 1.48 bits per heavy atom. The van der Waals surface area contributed by atoms with Gasteiger partial charge in [-0.25, -0.2) is 9.50 Å². The van der Waals surface area contributed by atoms with Crippen molar-refractivity contribution in [2.24, 2.45) is 0 Å². The molecule has 3 aromatic heterocycles. The van der Waals surface area contributed by atoms with E-state index in [9.17, 15) is 4.79 Å². The van der Waals surface area contributed by atoms with Gasteiger partial charge in [-0.05, 0) is 19.4 Å². The Kier molecular flexibility index (Phi) is 5.22. The van der Waals surface area contributed by atoms with E-state index in [1.54, 1.807) is 18.5 Å². The Morgan fingerprint density at radius 3 is 3.17 bits per heavy atom. The van der Waals surface area contributed by atoms with E-state index in [0.717, 1.165) is 25.9 Å². The minimum absolute atomic E-state index is 0.0315. The van der Waals surface area contributed by atoms with Crippen molar-refractivity contribution in [3.63, 3.8) is 0 Å². The molecule has 0 aromatic carbocycles. The van der Waals surface area contributed by atoms with Crippen molar-refractivity contribution in [2.45, 2.75) is 25.4 Å². The predicted octanol–water partition coefficient (Wildman–Crippen LogP) is 1.16. The first-order valence-electron chi connectivity index (χ1n) is 9.28. The lowest BCUT2D eigenvalue weighted by Crippen LogP contribution is -2.37. The van der Waals surface area contributed by atoms with Crippen molar-refractivity contribution in [1.82, 2.24) is 24.9 Å². The van der Waals surface area contributed by atoms with E-state index in [1.807, 2.05) is 6.07 Å². The molecule has 0 saturated carbocycles. The number of nitrogens with zero attached hydrogens (tertiary/aromatic N) is 5. The van der Waals surface area contributed by atoms with Crippen molar-refractivity contribution in [2.75, 3.05) is 24.1 Å². The number of hydrogen-bond donors (Lipinski definition) is 3. The number of aromatic nitrogens is 4. The molecule has 1 amide bonds. The number of rotatable bonds is 5. The zero-order valence-electron chi connectivity index (χ0n) is 15.6. The Hall–Kier alpha value is -3.71. The summed E-state index contributed by atoms with van der Waals surface area (Å²) in [6, 6.07) is 3.77. The van der Waals surface area contributed by atoms with Crippen LogP contribution in [0.5, 0.6) is 5.75 Å². The number of pyridine rings is 1. The minimum Gasteiger partial charge on any atom is -0.487 e. The van der Waals surface area contributed by atoms with Gasteiger partial charge in [-0.3, -0.25) is 9.78 Å². The number of hydrogen-bond acceptors (Lipinski definition) is 8. The first-order chi connectivity index (χ1) is 14.2. The van der Waals surface area contributed by atoms with Crippen LogP contribution in [0.4, 0.5) is 11.5 Å². The predicted molar refractivity (Wildman–Crippen MR) is 105 cm³/mol. The van der Waals surface area contributed by atoms with Crippen LogP contribution in [0.1, 0.15) is 28.8 Å². The average molecular weight is 392 g/mol. The molecule has 4 heterocycles. The van der Waals surface area contributed by atoms with Gasteiger partial charge in [-0.15, -0.1) is 5.10 Å². The number of piperidine rings is 1. The van der Waals surface area contributed by atoms with Crippen LogP contribution in [0.25, 0.3) is 5.65 Å². The summed E-state index contributed by atoms with van der Waals surface area (Å²) in [5.41, 5.74) is 7.56. The van der Waals surface area contributed by atoms with E-state index in [0.29, 0.717) is 22.6 Å². The lowest BCUT2D eigenvalue weighted by molar-refractivity contribution is 0.102. The van der Waals surface area contributed by atoms with Crippen LogP contribution in [0.2, 0.25) is 0 Å². The number of nitrogens with one attached hydrogen (secondary N) is 2. The standard InChI is InChI=1S/C19H20N8O2/c20-5-3-12-8-24-18-16(17(21)26-27(18)11-12)19(28)25-14-10-23-7-4-15(14)29-13-2-1-6-22-9-13/h4,7-8,10-11,13,22H,1-3,6,9H2,(H2,21,26)(H,25,28). The van der Waals surface area contributed by atoms with Crippen molar-refractivity contribution >= 4 is 23.1 Å². The highest BCUT2D eigenvalue weighted by molar-refractivity contribution is 6.11. The SMILES string of the molecule is N#CCc1cnc2c(C(=O)Nc3cnccc3OC3CCCNC3)c(N)nn2c1. The monoisotopic (exact) mass is 392 g/mol. The van der Waals surface area contributed by atoms with E-state index < -0.39 is 5.91 Å². The van der Waals surface area contributed by atoms with E-state index in [-0.39, 0.29) is 23.9 Å². The fourth-order valence-electron chi connectivity index (χ4n) is 3.25. The van der Waals surface area contributed by atoms with E-state index in [4.69, 9.17) is 15.7 Å². The number of nitrogen functional groups attached to an aromatic ring is 1. The van der Waals surface area contributed by atoms with Gasteiger partial charge < -0.3 is 21.1 Å². The fourth-order valence-corrected chi connectivity index (χ4v) is 3.25. The van der Waals surface area contributed by atoms with Gasteiger partial charge in [0.1, 0.15) is 23.1 Å². The maximum Gasteiger partial charge on any atom is 0.263 e. The number of anilines is 2. The van der Waals surface area contributed by atoms with Gasteiger partial charge in [0.15, 0.2) is 11.5 Å². The molecule has 0 aliphatic carbocycles. The molecule has 1 aliphatic heterocycles. The highest BCUT2D eigenvalue weighted by atomic mass is 16.5. The van der Waals surface area contributed by atoms with E-state index in [1.165, 1.54) is 16.9 Å². The lowest BCUT2D eigenvalue weighted by atomic mass is 10.1. The Balaban J connectivity index is 1.58. The normalized spacial score (nSPS) is 16.3. The first kappa shape index (κ1) is 18.6. The summed E-state index contributed by atoms with van der Waals surface area (Å²) in [5, 5.41) is 19.1. The molecular formula is C19H20N8O2. The second-order valence-electron chi connectivity index (χ2n) is 6.74. The van der Waals surface area contributed by atoms with Crippen LogP contribution in [-0.4, -0.2) is 44.7 Å². The molecule has 4 rings (SSSR count). The number of nitrogens with two attached hydrogens (primary N) is 1. The Morgan fingerprint density at radius 2 is 2.38 bits per heavy atom. The number of carbonyl (C=O) groups excluding carboxylic acids is 1. The molecule has 1 unspecified atom stereocenters. The van der Waals surface area contributed by atoms with Gasteiger partial charge in [-0.2, -0.15) is 5.26 Å². The van der Waals surface area contributed by atoms with Crippen LogP contribution < -0.4 is 21.1 Å². The lowest BCUT2D eigenvalue weighted by Gasteiger charge is -2.24. The third kappa shape index (κ3) is 3.95. The number of ether oxygens (including phenoxy) is 1. The zero-order chi connectivity index (χ0) is 20.2. The zero-order valence-corrected chi connectivity index (χ0v) is 15.6. The largest absolute Gasteiger partial charge is 0.487 e. The van der Waals surface area contributed by atoms with Gasteiger partial charge >= 0.3 is 0 Å². The van der Waals surface area contributed by atoms with Crippen LogP contribution in [0.15, 0.2) is 30.9 Å². The molecular weight excluding hydrogens is 372 g/mol. The maximum atomic E-state index is 12.9. The van der Waals surface area contributed by atoms with Gasteiger partial charge in [0.05, 0.1) is 18.7 Å². The smallest absolute Gasteiger partial charge is 0.263 e. The molecule has 4 N–H and O–H groups in total. The highest BCUT2D eigenvalue weighted by Gasteiger charge is 2.22. The number of amides is 1. The van der Waals surface area contributed by atoms with Crippen LogP contribution >= 0.6 is 0 Å². The van der Waals surface area contributed by atoms with Crippen molar-refractivity contribution < 1.29 is 9.53 Å². The summed E-state index contributed by atoms with van der Waals surface area (Å²) >= 11 is 0. The van der Waals surface area contributed by atoms with Gasteiger partial charge in [0, 0.05) is 36.8 Å². The average Bonchev–Trinajstić information content (AvgIpc) is 3.05. The minimum atomic E-state index is -0.461. The molecule has 1 atom stereocenters. The molecule has 10 nitrogen and oxygen atoms in total. The molecule has 10 heteroatoms. The topological polar surface area (TPSA) is 143 Å². The summed E-state index contributed by atoms with van der Waals surface area (Å²) in [5.74, 6) is 0.131. The Labute approximate surface area is 166 Å². The number of carbonyl (C=O) groups is 1. The van der Waals surface area contributed by atoms with Crippen LogP contribution in [0, 0.1) is 11.3 Å². The van der Waals surface area contributed by atoms with Crippen molar-refractivity contribution in [3.8, 4) is 11.8 Å². The van der Waals surface area contributed by atoms with E-state index >= 15 is 0 Å². The molecule has 1 fully saturated rings. The number of fused-ring (bicyclic) bond motifs is 1. The molecule has 1 aliphatic rings. The van der Waals surface area contributed by atoms with Crippen LogP contribution in [-0.2, 0) is 6.42 Å². The highest BCUT2D eigenvalue weighted by Crippen LogP contribution is 2.27. The van der Waals surface area contributed by atoms with Gasteiger partial charge in [-0.1, -0.05) is 0 Å². The summed E-state index contributed by atoms with van der Waals surface area (Å²) in [6.45, 7) is 1.74. The molecule has 3 aromatic rings. The third-order valence-corrected chi connectivity index (χ3v) is 4.64. The second-order valence-corrected chi connectivity index (χ2v) is 6.74. The second kappa shape index (κ2) is 8.12. The first-order valence-corrected chi connectivity index (χ1v) is 9.28. The van der Waals surface area contributed by atoms with Gasteiger partial charge in [0.2, 0.25) is 0 Å². The summed E-state index contributed by atoms with van der Waals surface area (Å²) < 4.78 is 7.46. The van der Waals surface area contributed by atoms with E-state index in [2.05, 4.69) is 25.7 Å². The molecule has 1 saturated heterocycles. The maximum absolute atomic E-state index is 12.9. The summed E-state index contributed by atoms with van der Waals surface area (Å²) in [7, 11) is 0. The quantitative estimate of drug-likeness (QED) is 0.587. The Bertz CT molecular complexity index is 1080. The molecule has 29 heavy (non-hydrogen) atoms. The van der Waals surface area contributed by atoms with Gasteiger partial charge in [0.25, 0.3) is 5.91 Å². The number of nitriles is 1. The molecule has 148 valence electrons. The molecule has 0 radical (unpaired) electrons. The fraction of sp³-hybridized carbons (Fsp3) is 0.316. The molecule has 0 spiro atoms. The summed E-state index contributed by atoms with van der Waals surface area (Å²) in [4.78, 5) is 21.3. The summed E-state index contributed by atoms with van der Waals surface area (Å²) in [6.07, 6.45) is 8.51. The van der Waals surface area contributed by atoms with Crippen LogP contribution in [0.3, 0.4) is 0 Å². The molecule has 0 bridgehead atoms. The van der Waals surface area contributed by atoms with Crippen molar-refractivity contribution in [1.29, 1.82) is 5.26 Å².